The molecular formula is C13H21N3. The van der Waals surface area contributed by atoms with Crippen molar-refractivity contribution in [3.05, 3.63) is 23.4 Å². The van der Waals surface area contributed by atoms with Gasteiger partial charge in [-0.3, -0.25) is 0 Å². The van der Waals surface area contributed by atoms with Gasteiger partial charge in [-0.05, 0) is 44.0 Å². The summed E-state index contributed by atoms with van der Waals surface area (Å²) in [6.07, 6.45) is 3.63. The fraction of sp³-hybridized carbons (Fsp3) is 0.615. The fourth-order valence-electron chi connectivity index (χ4n) is 1.95. The first kappa shape index (κ1) is 11.4. The smallest absolute Gasteiger partial charge is 0.129 e. The van der Waals surface area contributed by atoms with Gasteiger partial charge in [0.2, 0.25) is 0 Å². The van der Waals surface area contributed by atoms with Crippen molar-refractivity contribution in [3.8, 4) is 0 Å². The lowest BCUT2D eigenvalue weighted by atomic mass is 10.2. The number of anilines is 1. The van der Waals surface area contributed by atoms with Gasteiger partial charge in [0.05, 0.1) is 0 Å². The summed E-state index contributed by atoms with van der Waals surface area (Å²) in [6.45, 7) is 3.08. The van der Waals surface area contributed by atoms with E-state index in [0.717, 1.165) is 24.8 Å². The van der Waals surface area contributed by atoms with Crippen LogP contribution in [0.3, 0.4) is 0 Å². The Bertz CT molecular complexity index is 358. The molecule has 0 amide bonds. The maximum Gasteiger partial charge on any atom is 0.129 e. The van der Waals surface area contributed by atoms with Gasteiger partial charge >= 0.3 is 0 Å². The molecule has 0 radical (unpaired) electrons. The van der Waals surface area contributed by atoms with Crippen LogP contribution in [0, 0.1) is 0 Å². The normalized spacial score (nSPS) is 15.2. The third-order valence-electron chi connectivity index (χ3n) is 3.12. The minimum Gasteiger partial charge on any atom is -0.357 e. The Labute approximate surface area is 97.9 Å². The van der Waals surface area contributed by atoms with Crippen molar-refractivity contribution in [2.24, 2.45) is 0 Å². The van der Waals surface area contributed by atoms with Crippen molar-refractivity contribution < 1.29 is 0 Å². The van der Waals surface area contributed by atoms with Gasteiger partial charge in [0.25, 0.3) is 0 Å². The summed E-state index contributed by atoms with van der Waals surface area (Å²) in [4.78, 5) is 7.01. The molecule has 1 saturated carbocycles. The molecule has 2 rings (SSSR count). The minimum absolute atomic E-state index is 0.724. The Morgan fingerprint density at radius 2 is 2.19 bits per heavy atom. The van der Waals surface area contributed by atoms with E-state index in [2.05, 4.69) is 36.3 Å². The summed E-state index contributed by atoms with van der Waals surface area (Å²) < 4.78 is 0. The number of hydrogen-bond acceptors (Lipinski definition) is 3. The monoisotopic (exact) mass is 219 g/mol. The number of aryl methyl sites for hydroxylation is 1. The third kappa shape index (κ3) is 2.53. The molecule has 16 heavy (non-hydrogen) atoms. The molecule has 1 aliphatic carbocycles. The number of nitrogens with zero attached hydrogens (tertiary/aromatic N) is 2. The third-order valence-corrected chi connectivity index (χ3v) is 3.12. The Balaban J connectivity index is 2.24. The van der Waals surface area contributed by atoms with Crippen molar-refractivity contribution in [1.82, 2.24) is 10.3 Å². The van der Waals surface area contributed by atoms with Gasteiger partial charge < -0.3 is 10.2 Å². The lowest BCUT2D eigenvalue weighted by Gasteiger charge is -2.19. The molecule has 1 aromatic heterocycles. The molecule has 3 nitrogen and oxygen atoms in total. The second-order valence-corrected chi connectivity index (χ2v) is 4.55. The molecule has 0 bridgehead atoms. The van der Waals surface area contributed by atoms with E-state index >= 15 is 0 Å². The van der Waals surface area contributed by atoms with Gasteiger partial charge in [0, 0.05) is 25.3 Å². The molecule has 1 heterocycles. The van der Waals surface area contributed by atoms with Crippen LogP contribution in [0.25, 0.3) is 0 Å². The van der Waals surface area contributed by atoms with Crippen LogP contribution in [0.5, 0.6) is 0 Å². The van der Waals surface area contributed by atoms with Crippen molar-refractivity contribution in [3.63, 3.8) is 0 Å². The Kier molecular flexibility index (Phi) is 3.44. The summed E-state index contributed by atoms with van der Waals surface area (Å²) in [6, 6.07) is 5.12. The quantitative estimate of drug-likeness (QED) is 0.820. The average Bonchev–Trinajstić information content (AvgIpc) is 3.12. The van der Waals surface area contributed by atoms with Crippen LogP contribution >= 0.6 is 0 Å². The van der Waals surface area contributed by atoms with E-state index in [4.69, 9.17) is 4.98 Å². The lowest BCUT2D eigenvalue weighted by molar-refractivity contribution is 0.804. The Hall–Kier alpha value is -1.09. The number of hydrogen-bond donors (Lipinski definition) is 1. The second kappa shape index (κ2) is 4.83. The van der Waals surface area contributed by atoms with E-state index in [1.165, 1.54) is 24.1 Å². The molecule has 1 fully saturated rings. The molecule has 3 heteroatoms. The predicted molar refractivity (Wildman–Crippen MR) is 67.8 cm³/mol. The molecule has 0 atom stereocenters. The number of aromatic nitrogens is 1. The maximum atomic E-state index is 4.69. The molecule has 1 aromatic rings. The van der Waals surface area contributed by atoms with E-state index in [9.17, 15) is 0 Å². The summed E-state index contributed by atoms with van der Waals surface area (Å²) >= 11 is 0. The first-order chi connectivity index (χ1) is 7.74. The van der Waals surface area contributed by atoms with E-state index in [0.29, 0.717) is 0 Å². The van der Waals surface area contributed by atoms with Crippen LogP contribution in [-0.2, 0) is 13.0 Å². The van der Waals surface area contributed by atoms with Crippen molar-refractivity contribution in [2.75, 3.05) is 19.0 Å². The molecule has 88 valence electrons. The maximum absolute atomic E-state index is 4.69. The van der Waals surface area contributed by atoms with Gasteiger partial charge in [-0.15, -0.1) is 0 Å². The molecule has 0 unspecified atom stereocenters. The van der Waals surface area contributed by atoms with Gasteiger partial charge in [0.1, 0.15) is 5.82 Å². The van der Waals surface area contributed by atoms with Crippen LogP contribution in [0.1, 0.15) is 31.0 Å². The first-order valence-electron chi connectivity index (χ1n) is 6.12. The predicted octanol–water partition coefficient (Wildman–Crippen LogP) is 1.96. The largest absolute Gasteiger partial charge is 0.357 e. The summed E-state index contributed by atoms with van der Waals surface area (Å²) in [7, 11) is 4.14. The molecule has 0 spiro atoms. The number of rotatable bonds is 5. The average molecular weight is 219 g/mol. The molecule has 1 aliphatic rings. The number of nitrogens with one attached hydrogen (secondary N) is 1. The summed E-state index contributed by atoms with van der Waals surface area (Å²) in [5, 5.41) is 3.20. The van der Waals surface area contributed by atoms with Crippen molar-refractivity contribution in [2.45, 2.75) is 38.8 Å². The minimum atomic E-state index is 0.724. The highest BCUT2D eigenvalue weighted by Crippen LogP contribution is 2.29. The highest BCUT2D eigenvalue weighted by molar-refractivity contribution is 5.44. The highest BCUT2D eigenvalue weighted by Gasteiger charge is 2.27. The summed E-state index contributed by atoms with van der Waals surface area (Å²) in [5.41, 5.74) is 2.52. The summed E-state index contributed by atoms with van der Waals surface area (Å²) in [5.74, 6) is 1.13. The van der Waals surface area contributed by atoms with Crippen molar-refractivity contribution in [1.29, 1.82) is 0 Å². The van der Waals surface area contributed by atoms with Crippen LogP contribution in [0.4, 0.5) is 5.82 Å². The molecular weight excluding hydrogens is 198 g/mol. The van der Waals surface area contributed by atoms with E-state index in [1.54, 1.807) is 0 Å². The fourth-order valence-corrected chi connectivity index (χ4v) is 1.95. The van der Waals surface area contributed by atoms with Crippen molar-refractivity contribution >= 4 is 5.82 Å². The zero-order valence-corrected chi connectivity index (χ0v) is 10.5. The van der Waals surface area contributed by atoms with Crippen LogP contribution < -0.4 is 10.2 Å². The van der Waals surface area contributed by atoms with E-state index in [1.807, 2.05) is 7.05 Å². The zero-order chi connectivity index (χ0) is 11.5. The highest BCUT2D eigenvalue weighted by atomic mass is 15.2. The van der Waals surface area contributed by atoms with Gasteiger partial charge in [0.15, 0.2) is 0 Å². The SMILES string of the molecule is CCc1cc(CNC)cc(N(C)C2CC2)n1. The number of pyridine rings is 1. The molecule has 0 saturated heterocycles. The van der Waals surface area contributed by atoms with Gasteiger partial charge in [-0.25, -0.2) is 4.98 Å². The van der Waals surface area contributed by atoms with Crippen LogP contribution in [0.15, 0.2) is 12.1 Å². The van der Waals surface area contributed by atoms with E-state index in [-0.39, 0.29) is 0 Å². The second-order valence-electron chi connectivity index (χ2n) is 4.55. The molecule has 0 aliphatic heterocycles. The standard InChI is InChI=1S/C13H21N3/c1-4-11-7-10(9-14-2)8-13(15-11)16(3)12-5-6-12/h7-8,12,14H,4-6,9H2,1-3H3. The topological polar surface area (TPSA) is 28.2 Å². The Morgan fingerprint density at radius 1 is 1.44 bits per heavy atom. The van der Waals surface area contributed by atoms with Crippen LogP contribution in [0.2, 0.25) is 0 Å². The van der Waals surface area contributed by atoms with Gasteiger partial charge in [-0.2, -0.15) is 0 Å². The van der Waals surface area contributed by atoms with E-state index < -0.39 is 0 Å². The molecule has 1 N–H and O–H groups in total. The zero-order valence-electron chi connectivity index (χ0n) is 10.5. The van der Waals surface area contributed by atoms with Gasteiger partial charge in [-0.1, -0.05) is 6.92 Å². The first-order valence-corrected chi connectivity index (χ1v) is 6.12. The molecule has 0 aromatic carbocycles. The lowest BCUT2D eigenvalue weighted by Crippen LogP contribution is -2.21. The van der Waals surface area contributed by atoms with Crippen LogP contribution in [-0.4, -0.2) is 25.1 Å². The Morgan fingerprint density at radius 3 is 2.75 bits per heavy atom.